The van der Waals surface area contributed by atoms with E-state index < -0.39 is 7.14 Å². The summed E-state index contributed by atoms with van der Waals surface area (Å²) in [6.45, 7) is 0. The number of hydrogen-bond acceptors (Lipinski definition) is 2. The Bertz CT molecular complexity index is 1850. The lowest BCUT2D eigenvalue weighted by Crippen LogP contribution is -2.27. The monoisotopic (exact) mass is 479 g/mol. The highest BCUT2D eigenvalue weighted by atomic mass is 31.2. The molecule has 0 unspecified atom stereocenters. The van der Waals surface area contributed by atoms with Gasteiger partial charge in [0.05, 0.1) is 5.69 Å². The first-order valence-corrected chi connectivity index (χ1v) is 13.8. The van der Waals surface area contributed by atoms with Gasteiger partial charge in [-0.1, -0.05) is 121 Å². The molecule has 0 aliphatic carbocycles. The number of hydrogen-bond donors (Lipinski definition) is 0. The van der Waals surface area contributed by atoms with Gasteiger partial charge < -0.3 is 4.57 Å². The zero-order valence-electron chi connectivity index (χ0n) is 19.5. The third-order valence-corrected chi connectivity index (χ3v) is 10.0. The van der Waals surface area contributed by atoms with Gasteiger partial charge in [0, 0.05) is 16.2 Å². The number of rotatable bonds is 4. The molecule has 0 bridgehead atoms. The van der Waals surface area contributed by atoms with E-state index in [9.17, 15) is 4.57 Å². The average Bonchev–Trinajstić information content (AvgIpc) is 2.96. The van der Waals surface area contributed by atoms with Crippen LogP contribution in [0.4, 0.5) is 0 Å². The van der Waals surface area contributed by atoms with Crippen LogP contribution in [0.1, 0.15) is 0 Å². The summed E-state index contributed by atoms with van der Waals surface area (Å²) in [7, 11) is -3.15. The van der Waals surface area contributed by atoms with E-state index in [1.54, 1.807) is 0 Å². The molecule has 0 fully saturated rings. The summed E-state index contributed by atoms with van der Waals surface area (Å²) in [6.07, 6.45) is 0. The van der Waals surface area contributed by atoms with Crippen molar-refractivity contribution in [1.29, 1.82) is 0 Å². The van der Waals surface area contributed by atoms with Crippen LogP contribution in [0.25, 0.3) is 43.6 Å². The molecule has 0 aliphatic rings. The minimum absolute atomic E-state index is 0.600. The zero-order chi connectivity index (χ0) is 24.1. The fraction of sp³-hybridized carbons (Fsp3) is 0. The molecule has 0 spiro atoms. The maximum atomic E-state index is 14.9. The van der Waals surface area contributed by atoms with Crippen molar-refractivity contribution in [3.8, 4) is 11.3 Å². The Hall–Kier alpha value is -4.26. The molecule has 7 rings (SSSR count). The molecule has 0 atom stereocenters. The third-order valence-electron chi connectivity index (χ3n) is 7.10. The molecule has 0 N–H and O–H groups in total. The van der Waals surface area contributed by atoms with E-state index in [0.717, 1.165) is 27.3 Å². The van der Waals surface area contributed by atoms with Gasteiger partial charge in [-0.2, -0.15) is 0 Å². The molecule has 0 radical (unpaired) electrons. The van der Waals surface area contributed by atoms with Gasteiger partial charge in [0.1, 0.15) is 5.44 Å². The van der Waals surface area contributed by atoms with E-state index >= 15 is 0 Å². The summed E-state index contributed by atoms with van der Waals surface area (Å²) in [5.41, 5.74) is 2.48. The van der Waals surface area contributed by atoms with Crippen LogP contribution in [0.5, 0.6) is 0 Å². The first-order chi connectivity index (χ1) is 17.7. The molecular weight excluding hydrogens is 457 g/mol. The molecule has 1 aromatic heterocycles. The van der Waals surface area contributed by atoms with E-state index in [-0.39, 0.29) is 0 Å². The van der Waals surface area contributed by atoms with Crippen LogP contribution in [0, 0.1) is 0 Å². The Labute approximate surface area is 209 Å². The van der Waals surface area contributed by atoms with Gasteiger partial charge in [-0.25, -0.2) is 4.98 Å². The second-order valence-corrected chi connectivity index (χ2v) is 11.8. The normalized spacial score (nSPS) is 12.0. The molecular formula is C33H22NOP. The summed E-state index contributed by atoms with van der Waals surface area (Å²) in [5.74, 6) is 0. The van der Waals surface area contributed by atoms with Crippen molar-refractivity contribution in [3.63, 3.8) is 0 Å². The molecule has 0 saturated heterocycles. The van der Waals surface area contributed by atoms with Crippen LogP contribution in [-0.4, -0.2) is 4.98 Å². The standard InChI is InChI=1S/C33H22NOP/c35-36(26-11-3-1-4-12-26,27-13-5-2-6-14-27)31-16-8-15-30(34-31)28-21-19-25-18-17-23-9-7-10-24-20-22-29(28)33(25)32(23)24/h1-22H. The molecule has 1 heterocycles. The van der Waals surface area contributed by atoms with Gasteiger partial charge >= 0.3 is 0 Å². The van der Waals surface area contributed by atoms with Gasteiger partial charge in [-0.05, 0) is 44.5 Å². The lowest BCUT2D eigenvalue weighted by molar-refractivity contribution is 0.592. The predicted octanol–water partition coefficient (Wildman–Crippen LogP) is 7.29. The van der Waals surface area contributed by atoms with Crippen LogP contribution in [0.2, 0.25) is 0 Å². The van der Waals surface area contributed by atoms with Crippen LogP contribution in [-0.2, 0) is 4.57 Å². The molecule has 36 heavy (non-hydrogen) atoms. The van der Waals surface area contributed by atoms with E-state index in [1.165, 1.54) is 26.9 Å². The highest BCUT2D eigenvalue weighted by Crippen LogP contribution is 2.43. The van der Waals surface area contributed by atoms with E-state index in [4.69, 9.17) is 4.98 Å². The fourth-order valence-corrected chi connectivity index (χ4v) is 7.95. The van der Waals surface area contributed by atoms with E-state index in [2.05, 4.69) is 54.6 Å². The largest absolute Gasteiger partial charge is 0.307 e. The minimum Gasteiger partial charge on any atom is -0.307 e. The van der Waals surface area contributed by atoms with Gasteiger partial charge in [-0.15, -0.1) is 0 Å². The highest BCUT2D eigenvalue weighted by molar-refractivity contribution is 7.85. The summed E-state index contributed by atoms with van der Waals surface area (Å²) < 4.78 is 14.9. The second-order valence-electron chi connectivity index (χ2n) is 9.13. The maximum absolute atomic E-state index is 14.9. The molecule has 3 heteroatoms. The highest BCUT2D eigenvalue weighted by Gasteiger charge is 2.31. The average molecular weight is 480 g/mol. The lowest BCUT2D eigenvalue weighted by Gasteiger charge is -2.20. The Morgan fingerprint density at radius 2 is 1.03 bits per heavy atom. The van der Waals surface area contributed by atoms with Crippen LogP contribution >= 0.6 is 7.14 Å². The number of pyridine rings is 1. The van der Waals surface area contributed by atoms with Crippen LogP contribution < -0.4 is 16.0 Å². The van der Waals surface area contributed by atoms with Crippen molar-refractivity contribution >= 4 is 55.5 Å². The molecule has 0 aliphatic heterocycles. The Morgan fingerprint density at radius 1 is 0.472 bits per heavy atom. The fourth-order valence-electron chi connectivity index (χ4n) is 5.40. The number of benzene rings is 6. The van der Waals surface area contributed by atoms with Gasteiger partial charge in [0.15, 0.2) is 7.14 Å². The van der Waals surface area contributed by atoms with Crippen molar-refractivity contribution in [3.05, 3.63) is 133 Å². The first-order valence-electron chi connectivity index (χ1n) is 12.1. The topological polar surface area (TPSA) is 30.0 Å². The zero-order valence-corrected chi connectivity index (χ0v) is 20.4. The van der Waals surface area contributed by atoms with Crippen molar-refractivity contribution in [1.82, 2.24) is 4.98 Å². The van der Waals surface area contributed by atoms with Gasteiger partial charge in [0.25, 0.3) is 0 Å². The Balaban J connectivity index is 1.49. The lowest BCUT2D eigenvalue weighted by atomic mass is 9.91. The Morgan fingerprint density at radius 3 is 1.69 bits per heavy atom. The number of aromatic nitrogens is 1. The van der Waals surface area contributed by atoms with E-state index in [0.29, 0.717) is 5.44 Å². The SMILES string of the molecule is O=P(c1ccccc1)(c1ccccc1)c1cccc(-c2ccc3ccc4cccc5ccc2c3c45)n1. The van der Waals surface area contributed by atoms with Crippen LogP contribution in [0.3, 0.4) is 0 Å². The van der Waals surface area contributed by atoms with Gasteiger partial charge in [-0.3, -0.25) is 0 Å². The predicted molar refractivity (Wildman–Crippen MR) is 153 cm³/mol. The molecule has 7 aromatic rings. The van der Waals surface area contributed by atoms with Crippen molar-refractivity contribution in [2.24, 2.45) is 0 Å². The second kappa shape index (κ2) is 8.16. The molecule has 0 amide bonds. The Kier molecular flexibility index (Phi) is 4.77. The minimum atomic E-state index is -3.15. The van der Waals surface area contributed by atoms with Crippen molar-refractivity contribution in [2.45, 2.75) is 0 Å². The third kappa shape index (κ3) is 3.12. The quantitative estimate of drug-likeness (QED) is 0.196. The molecule has 6 aromatic carbocycles. The van der Waals surface area contributed by atoms with Crippen LogP contribution in [0.15, 0.2) is 133 Å². The van der Waals surface area contributed by atoms with Crippen molar-refractivity contribution < 1.29 is 4.57 Å². The summed E-state index contributed by atoms with van der Waals surface area (Å²) in [5, 5.41) is 8.97. The van der Waals surface area contributed by atoms with Gasteiger partial charge in [0.2, 0.25) is 0 Å². The smallest absolute Gasteiger partial charge is 0.188 e. The molecule has 0 saturated carbocycles. The summed E-state index contributed by atoms with van der Waals surface area (Å²) in [4.78, 5) is 5.09. The van der Waals surface area contributed by atoms with Crippen molar-refractivity contribution in [2.75, 3.05) is 0 Å². The summed E-state index contributed by atoms with van der Waals surface area (Å²) >= 11 is 0. The summed E-state index contributed by atoms with van der Waals surface area (Å²) in [6, 6.07) is 44.9. The molecule has 170 valence electrons. The van der Waals surface area contributed by atoms with E-state index in [1.807, 2.05) is 78.9 Å². The molecule has 2 nitrogen and oxygen atoms in total. The maximum Gasteiger partial charge on any atom is 0.188 e. The first kappa shape index (κ1) is 21.1. The number of nitrogens with zero attached hydrogens (tertiary/aromatic N) is 1.